The average Bonchev–Trinajstić information content (AvgIpc) is 3.16. The molecule has 0 spiro atoms. The summed E-state index contributed by atoms with van der Waals surface area (Å²) >= 11 is 0. The zero-order chi connectivity index (χ0) is 20.4. The molecule has 0 atom stereocenters. The van der Waals surface area contributed by atoms with Crippen LogP contribution in [0.25, 0.3) is 0 Å². The maximum Gasteiger partial charge on any atom is 0.246 e. The van der Waals surface area contributed by atoms with Gasteiger partial charge in [0.15, 0.2) is 0 Å². The van der Waals surface area contributed by atoms with Crippen molar-refractivity contribution in [3.8, 4) is 0 Å². The molecule has 0 radical (unpaired) electrons. The first-order valence-electron chi connectivity index (χ1n) is 9.82. The van der Waals surface area contributed by atoms with E-state index in [1.807, 2.05) is 17.0 Å². The molecule has 1 aliphatic carbocycles. The van der Waals surface area contributed by atoms with Crippen LogP contribution in [0, 0.1) is 5.82 Å². The van der Waals surface area contributed by atoms with E-state index < -0.39 is 15.8 Å². The van der Waals surface area contributed by atoms with Crippen LogP contribution in [-0.2, 0) is 27.7 Å². The lowest BCUT2D eigenvalue weighted by Gasteiger charge is -2.33. The summed E-state index contributed by atoms with van der Waals surface area (Å²) in [5.74, 6) is -0.864. The smallest absolute Gasteiger partial charge is 0.246 e. The number of hydrogen-bond acceptors (Lipinski definition) is 4. The largest absolute Gasteiger partial charge is 0.325 e. The zero-order valence-corrected chi connectivity index (χ0v) is 16.9. The number of fused-ring (bicyclic) bond motifs is 1. The van der Waals surface area contributed by atoms with Crippen molar-refractivity contribution in [2.24, 2.45) is 0 Å². The Morgan fingerprint density at radius 2 is 1.72 bits per heavy atom. The van der Waals surface area contributed by atoms with Crippen LogP contribution in [0.5, 0.6) is 0 Å². The van der Waals surface area contributed by atoms with Crippen molar-refractivity contribution in [2.75, 3.05) is 38.0 Å². The van der Waals surface area contributed by atoms with Gasteiger partial charge < -0.3 is 5.32 Å². The fourth-order valence-corrected chi connectivity index (χ4v) is 5.46. The number of aryl methyl sites for hydroxylation is 2. The van der Waals surface area contributed by atoms with Crippen molar-refractivity contribution < 1.29 is 17.6 Å². The molecule has 0 saturated carbocycles. The lowest BCUT2D eigenvalue weighted by atomic mass is 10.1. The van der Waals surface area contributed by atoms with E-state index in [9.17, 15) is 17.6 Å². The zero-order valence-electron chi connectivity index (χ0n) is 16.1. The molecular weight excluding hydrogens is 393 g/mol. The van der Waals surface area contributed by atoms with Gasteiger partial charge >= 0.3 is 0 Å². The number of nitrogens with one attached hydrogen (secondary N) is 1. The third kappa shape index (κ3) is 4.34. The molecule has 6 nitrogen and oxygen atoms in total. The Kier molecular flexibility index (Phi) is 5.67. The molecule has 2 aromatic rings. The number of hydrogen-bond donors (Lipinski definition) is 1. The van der Waals surface area contributed by atoms with Gasteiger partial charge in [0, 0.05) is 31.9 Å². The Morgan fingerprint density at radius 3 is 2.48 bits per heavy atom. The second-order valence-corrected chi connectivity index (χ2v) is 9.40. The van der Waals surface area contributed by atoms with Gasteiger partial charge in [0.25, 0.3) is 0 Å². The Balaban J connectivity index is 1.32. The minimum Gasteiger partial charge on any atom is -0.325 e. The van der Waals surface area contributed by atoms with Crippen LogP contribution in [0.4, 0.5) is 10.1 Å². The van der Waals surface area contributed by atoms with Gasteiger partial charge in [0.05, 0.1) is 6.54 Å². The maximum atomic E-state index is 13.9. The summed E-state index contributed by atoms with van der Waals surface area (Å²) in [6.07, 6.45) is 3.31. The highest BCUT2D eigenvalue weighted by atomic mass is 32.2. The highest BCUT2D eigenvalue weighted by Gasteiger charge is 2.30. The number of nitrogens with zero attached hydrogens (tertiary/aromatic N) is 2. The Labute approximate surface area is 170 Å². The fourth-order valence-electron chi connectivity index (χ4n) is 3.97. The van der Waals surface area contributed by atoms with Gasteiger partial charge in [0.2, 0.25) is 15.9 Å². The van der Waals surface area contributed by atoms with Crippen molar-refractivity contribution in [3.05, 3.63) is 59.4 Å². The molecule has 1 amide bonds. The number of rotatable bonds is 5. The van der Waals surface area contributed by atoms with Gasteiger partial charge in [-0.15, -0.1) is 0 Å². The van der Waals surface area contributed by atoms with Crippen LogP contribution < -0.4 is 5.32 Å². The minimum atomic E-state index is -3.87. The number of sulfonamides is 1. The van der Waals surface area contributed by atoms with Crippen LogP contribution in [0.15, 0.2) is 47.4 Å². The van der Waals surface area contributed by atoms with Gasteiger partial charge in [-0.3, -0.25) is 9.69 Å². The summed E-state index contributed by atoms with van der Waals surface area (Å²) in [5, 5.41) is 2.93. The first kappa shape index (κ1) is 20.0. The number of carbonyl (C=O) groups is 1. The third-order valence-corrected chi connectivity index (χ3v) is 7.47. The molecule has 29 heavy (non-hydrogen) atoms. The molecule has 1 N–H and O–H groups in total. The highest BCUT2D eigenvalue weighted by molar-refractivity contribution is 7.89. The summed E-state index contributed by atoms with van der Waals surface area (Å²) < 4.78 is 40.5. The van der Waals surface area contributed by atoms with Crippen molar-refractivity contribution >= 4 is 21.6 Å². The van der Waals surface area contributed by atoms with E-state index in [-0.39, 0.29) is 30.4 Å². The Morgan fingerprint density at radius 1 is 1.00 bits per heavy atom. The maximum absolute atomic E-state index is 13.9. The number of amides is 1. The molecule has 154 valence electrons. The van der Waals surface area contributed by atoms with E-state index in [2.05, 4.69) is 11.4 Å². The standard InChI is InChI=1S/C21H24FN3O3S/c22-19-6-1-2-7-20(19)29(27,28)25-12-10-24(11-13-25)15-21(26)23-18-9-8-16-4-3-5-17(16)14-18/h1-2,6-9,14H,3-5,10-13,15H2,(H,23,26). The van der Waals surface area contributed by atoms with Gasteiger partial charge in [-0.05, 0) is 54.7 Å². The van der Waals surface area contributed by atoms with E-state index in [1.165, 1.54) is 33.6 Å². The summed E-state index contributed by atoms with van der Waals surface area (Å²) in [7, 11) is -3.87. The van der Waals surface area contributed by atoms with Crippen LogP contribution >= 0.6 is 0 Å². The average molecular weight is 418 g/mol. The first-order chi connectivity index (χ1) is 13.9. The highest BCUT2D eigenvalue weighted by Crippen LogP contribution is 2.25. The number of benzene rings is 2. The molecule has 0 aromatic heterocycles. The van der Waals surface area contributed by atoms with Crippen molar-refractivity contribution in [1.29, 1.82) is 0 Å². The molecule has 2 aromatic carbocycles. The molecule has 4 rings (SSSR count). The molecule has 2 aliphatic rings. The molecule has 1 aliphatic heterocycles. The minimum absolute atomic E-state index is 0.117. The lowest BCUT2D eigenvalue weighted by Crippen LogP contribution is -2.50. The molecule has 0 unspecified atom stereocenters. The predicted octanol–water partition coefficient (Wildman–Crippen LogP) is 2.26. The second kappa shape index (κ2) is 8.22. The monoisotopic (exact) mass is 417 g/mol. The third-order valence-electron chi connectivity index (χ3n) is 5.54. The number of carbonyl (C=O) groups excluding carboxylic acids is 1. The van der Waals surface area contributed by atoms with Gasteiger partial charge in [0.1, 0.15) is 10.7 Å². The molecule has 1 saturated heterocycles. The van der Waals surface area contributed by atoms with Gasteiger partial charge in [-0.25, -0.2) is 12.8 Å². The Bertz CT molecular complexity index is 1020. The summed E-state index contributed by atoms with van der Waals surface area (Å²) in [4.78, 5) is 14.0. The van der Waals surface area contributed by atoms with E-state index in [0.29, 0.717) is 13.1 Å². The summed E-state index contributed by atoms with van der Waals surface area (Å²) in [5.41, 5.74) is 3.46. The van der Waals surface area contributed by atoms with Crippen molar-refractivity contribution in [1.82, 2.24) is 9.21 Å². The predicted molar refractivity (Wildman–Crippen MR) is 109 cm³/mol. The molecular formula is C21H24FN3O3S. The van der Waals surface area contributed by atoms with Crippen LogP contribution in [0.3, 0.4) is 0 Å². The van der Waals surface area contributed by atoms with Crippen LogP contribution in [-0.4, -0.2) is 56.3 Å². The fraction of sp³-hybridized carbons (Fsp3) is 0.381. The van der Waals surface area contributed by atoms with E-state index in [0.717, 1.165) is 31.0 Å². The molecule has 0 bridgehead atoms. The van der Waals surface area contributed by atoms with Gasteiger partial charge in [-0.2, -0.15) is 4.31 Å². The number of halogens is 1. The first-order valence-corrected chi connectivity index (χ1v) is 11.3. The quantitative estimate of drug-likeness (QED) is 0.810. The Hall–Kier alpha value is -2.29. The van der Waals surface area contributed by atoms with E-state index in [1.54, 1.807) is 0 Å². The van der Waals surface area contributed by atoms with E-state index in [4.69, 9.17) is 0 Å². The van der Waals surface area contributed by atoms with Gasteiger partial charge in [-0.1, -0.05) is 18.2 Å². The van der Waals surface area contributed by atoms with Crippen LogP contribution in [0.2, 0.25) is 0 Å². The molecule has 8 heteroatoms. The summed E-state index contributed by atoms with van der Waals surface area (Å²) in [6.45, 7) is 1.49. The normalized spacial score (nSPS) is 17.8. The second-order valence-electron chi connectivity index (χ2n) is 7.50. The SMILES string of the molecule is O=C(CN1CCN(S(=O)(=O)c2ccccc2F)CC1)Nc1ccc2c(c1)CCC2. The molecule has 1 fully saturated rings. The number of anilines is 1. The van der Waals surface area contributed by atoms with E-state index >= 15 is 0 Å². The lowest BCUT2D eigenvalue weighted by molar-refractivity contribution is -0.117. The van der Waals surface area contributed by atoms with Crippen molar-refractivity contribution in [3.63, 3.8) is 0 Å². The number of piperazine rings is 1. The molecule has 1 heterocycles. The topological polar surface area (TPSA) is 69.7 Å². The van der Waals surface area contributed by atoms with Crippen molar-refractivity contribution in [2.45, 2.75) is 24.2 Å². The van der Waals surface area contributed by atoms with Crippen LogP contribution in [0.1, 0.15) is 17.5 Å². The summed E-state index contributed by atoms with van der Waals surface area (Å²) in [6, 6.07) is 11.4.